The van der Waals surface area contributed by atoms with Crippen molar-refractivity contribution in [1.82, 2.24) is 0 Å². The summed E-state index contributed by atoms with van der Waals surface area (Å²) in [7, 11) is 0. The maximum absolute atomic E-state index is 13.4. The lowest BCUT2D eigenvalue weighted by Gasteiger charge is -2.28. The Hall–Kier alpha value is -2.62. The quantitative estimate of drug-likeness (QED) is 0.660. The molecule has 0 fully saturated rings. The third-order valence-corrected chi connectivity index (χ3v) is 5.34. The summed E-state index contributed by atoms with van der Waals surface area (Å²) in [4.78, 5) is 27.8. The number of ether oxygens (including phenoxy) is 1. The lowest BCUT2D eigenvalue weighted by Crippen LogP contribution is -2.37. The van der Waals surface area contributed by atoms with Gasteiger partial charge in [0.05, 0.1) is 11.5 Å². The number of benzene rings is 2. The fourth-order valence-corrected chi connectivity index (χ4v) is 3.74. The maximum atomic E-state index is 13.4. The zero-order chi connectivity index (χ0) is 21.2. The molecule has 0 aliphatic carbocycles. The molecule has 1 amide bonds. The van der Waals surface area contributed by atoms with Crippen LogP contribution in [-0.4, -0.2) is 24.0 Å². The van der Waals surface area contributed by atoms with Gasteiger partial charge in [0.15, 0.2) is 0 Å². The van der Waals surface area contributed by atoms with E-state index in [-0.39, 0.29) is 17.8 Å². The molecule has 154 valence electrons. The first-order valence-corrected chi connectivity index (χ1v) is 10.4. The van der Waals surface area contributed by atoms with E-state index < -0.39 is 5.60 Å². The second-order valence-corrected chi connectivity index (χ2v) is 9.07. The van der Waals surface area contributed by atoms with Crippen molar-refractivity contribution in [2.24, 2.45) is 5.92 Å². The van der Waals surface area contributed by atoms with E-state index in [1.54, 1.807) is 6.07 Å². The molecule has 1 unspecified atom stereocenters. The Morgan fingerprint density at radius 1 is 1.10 bits per heavy atom. The summed E-state index contributed by atoms with van der Waals surface area (Å²) in [6.07, 6.45) is 1.82. The number of esters is 1. The first-order valence-electron chi connectivity index (χ1n) is 10.4. The Bertz CT molecular complexity index is 883. The highest BCUT2D eigenvalue weighted by molar-refractivity contribution is 5.99. The van der Waals surface area contributed by atoms with Crippen LogP contribution in [-0.2, 0) is 16.0 Å². The average Bonchev–Trinajstić information content (AvgIpc) is 2.85. The van der Waals surface area contributed by atoms with Gasteiger partial charge < -0.3 is 9.64 Å². The van der Waals surface area contributed by atoms with Crippen LogP contribution >= 0.6 is 0 Å². The topological polar surface area (TPSA) is 46.6 Å². The molecule has 0 bridgehead atoms. The van der Waals surface area contributed by atoms with Gasteiger partial charge in [-0.2, -0.15) is 0 Å². The van der Waals surface area contributed by atoms with Crippen LogP contribution in [0.25, 0.3) is 0 Å². The zero-order valence-corrected chi connectivity index (χ0v) is 18.1. The number of hydrogen-bond acceptors (Lipinski definition) is 3. The average molecular weight is 394 g/mol. The van der Waals surface area contributed by atoms with E-state index >= 15 is 0 Å². The Labute approximate surface area is 173 Å². The highest BCUT2D eigenvalue weighted by atomic mass is 16.6. The van der Waals surface area contributed by atoms with Crippen LogP contribution in [0, 0.1) is 5.92 Å². The molecule has 0 saturated carbocycles. The van der Waals surface area contributed by atoms with Gasteiger partial charge in [-0.3, -0.25) is 4.79 Å². The van der Waals surface area contributed by atoms with Crippen LogP contribution in [0.1, 0.15) is 68.4 Å². The van der Waals surface area contributed by atoms with E-state index in [1.165, 1.54) is 0 Å². The molecule has 29 heavy (non-hydrogen) atoms. The van der Waals surface area contributed by atoms with Crippen molar-refractivity contribution < 1.29 is 14.3 Å². The second-order valence-electron chi connectivity index (χ2n) is 9.07. The molecule has 0 spiro atoms. The van der Waals surface area contributed by atoms with E-state index in [0.717, 1.165) is 29.7 Å². The van der Waals surface area contributed by atoms with Crippen LogP contribution in [0.3, 0.4) is 0 Å². The van der Waals surface area contributed by atoms with Crippen molar-refractivity contribution in [2.45, 2.75) is 59.0 Å². The lowest BCUT2D eigenvalue weighted by atomic mass is 9.98. The Morgan fingerprint density at radius 2 is 1.79 bits per heavy atom. The number of amides is 1. The van der Waals surface area contributed by atoms with Crippen LogP contribution < -0.4 is 4.90 Å². The van der Waals surface area contributed by atoms with Crippen molar-refractivity contribution in [3.8, 4) is 0 Å². The fourth-order valence-electron chi connectivity index (χ4n) is 3.74. The summed E-state index contributed by atoms with van der Waals surface area (Å²) in [6, 6.07) is 15.5. The second kappa shape index (κ2) is 8.40. The first-order chi connectivity index (χ1) is 13.7. The van der Waals surface area contributed by atoms with Gasteiger partial charge in [0.25, 0.3) is 0 Å². The third kappa shape index (κ3) is 5.06. The number of anilines is 1. The monoisotopic (exact) mass is 393 g/mol. The first kappa shape index (κ1) is 21.1. The molecule has 4 heteroatoms. The SMILES string of the molecule is CC1CCc2cc(C(=O)OC(C)(C)C)ccc2N(C(=O)[C@@H](C)c2ccccc2)C1. The molecule has 1 aliphatic rings. The van der Waals surface area contributed by atoms with Crippen LogP contribution in [0.2, 0.25) is 0 Å². The zero-order valence-electron chi connectivity index (χ0n) is 18.1. The minimum absolute atomic E-state index is 0.0937. The summed E-state index contributed by atoms with van der Waals surface area (Å²) in [5, 5.41) is 0. The molecule has 2 aromatic carbocycles. The van der Waals surface area contributed by atoms with E-state index in [9.17, 15) is 9.59 Å². The molecule has 2 aromatic rings. The van der Waals surface area contributed by atoms with Crippen molar-refractivity contribution in [3.05, 3.63) is 65.2 Å². The maximum Gasteiger partial charge on any atom is 0.338 e. The molecule has 1 heterocycles. The highest BCUT2D eigenvalue weighted by Gasteiger charge is 2.29. The Kier molecular flexibility index (Phi) is 6.11. The molecule has 0 aromatic heterocycles. The van der Waals surface area contributed by atoms with Gasteiger partial charge >= 0.3 is 5.97 Å². The fraction of sp³-hybridized carbons (Fsp3) is 0.440. The number of aryl methyl sites for hydroxylation is 1. The molecular formula is C25H31NO3. The van der Waals surface area contributed by atoms with Gasteiger partial charge in [0.2, 0.25) is 5.91 Å². The molecule has 0 N–H and O–H groups in total. The number of nitrogens with zero attached hydrogens (tertiary/aromatic N) is 1. The van der Waals surface area contributed by atoms with Crippen molar-refractivity contribution in [2.75, 3.05) is 11.4 Å². The van der Waals surface area contributed by atoms with E-state index in [1.807, 2.05) is 75.1 Å². The lowest BCUT2D eigenvalue weighted by molar-refractivity contribution is -0.119. The standard InChI is InChI=1S/C25H31NO3/c1-17-11-12-20-15-21(24(28)29-25(3,4)5)13-14-22(20)26(16-17)23(27)18(2)19-9-7-6-8-10-19/h6-10,13-15,17-18H,11-12,16H2,1-5H3/t17?,18-/m0/s1. The van der Waals surface area contributed by atoms with Gasteiger partial charge in [-0.1, -0.05) is 37.3 Å². The van der Waals surface area contributed by atoms with Gasteiger partial charge in [-0.15, -0.1) is 0 Å². The van der Waals surface area contributed by atoms with E-state index in [4.69, 9.17) is 4.74 Å². The number of carbonyl (C=O) groups excluding carboxylic acids is 2. The Balaban J connectivity index is 1.92. The van der Waals surface area contributed by atoms with Gasteiger partial charge in [0.1, 0.15) is 5.60 Å². The van der Waals surface area contributed by atoms with Crippen LogP contribution in [0.15, 0.2) is 48.5 Å². The number of rotatable bonds is 3. The van der Waals surface area contributed by atoms with Gasteiger partial charge in [-0.05, 0) is 75.8 Å². The van der Waals surface area contributed by atoms with Crippen LogP contribution in [0.4, 0.5) is 5.69 Å². The minimum Gasteiger partial charge on any atom is -0.456 e. The molecule has 1 aliphatic heterocycles. The molecule has 4 nitrogen and oxygen atoms in total. The summed E-state index contributed by atoms with van der Waals surface area (Å²) >= 11 is 0. The van der Waals surface area contributed by atoms with E-state index in [0.29, 0.717) is 18.0 Å². The van der Waals surface area contributed by atoms with Crippen molar-refractivity contribution in [3.63, 3.8) is 0 Å². The number of carbonyl (C=O) groups is 2. The van der Waals surface area contributed by atoms with Gasteiger partial charge in [-0.25, -0.2) is 4.79 Å². The summed E-state index contributed by atoms with van der Waals surface area (Å²) in [5.74, 6) is -0.0662. The third-order valence-electron chi connectivity index (χ3n) is 5.34. The molecule has 0 radical (unpaired) electrons. The smallest absolute Gasteiger partial charge is 0.338 e. The predicted octanol–water partition coefficient (Wildman–Crippen LogP) is 5.36. The molecule has 2 atom stereocenters. The predicted molar refractivity (Wildman–Crippen MR) is 116 cm³/mol. The Morgan fingerprint density at radius 3 is 2.45 bits per heavy atom. The number of fused-ring (bicyclic) bond motifs is 1. The summed E-state index contributed by atoms with van der Waals surface area (Å²) in [5.41, 5.74) is 2.96. The molecule has 0 saturated heterocycles. The summed E-state index contributed by atoms with van der Waals surface area (Å²) in [6.45, 7) is 10.4. The highest BCUT2D eigenvalue weighted by Crippen LogP contribution is 2.32. The molecular weight excluding hydrogens is 362 g/mol. The largest absolute Gasteiger partial charge is 0.456 e. The normalized spacial score (nSPS) is 17.8. The molecule has 3 rings (SSSR count). The van der Waals surface area contributed by atoms with Crippen LogP contribution in [0.5, 0.6) is 0 Å². The van der Waals surface area contributed by atoms with Crippen molar-refractivity contribution >= 4 is 17.6 Å². The van der Waals surface area contributed by atoms with Crippen molar-refractivity contribution in [1.29, 1.82) is 0 Å². The summed E-state index contributed by atoms with van der Waals surface area (Å²) < 4.78 is 5.52. The number of hydrogen-bond donors (Lipinski definition) is 0. The van der Waals surface area contributed by atoms with Gasteiger partial charge in [0, 0.05) is 12.2 Å². The van der Waals surface area contributed by atoms with E-state index in [2.05, 4.69) is 6.92 Å². The minimum atomic E-state index is -0.536.